The minimum Gasteiger partial charge on any atom is -0.399 e. The number of aryl methyl sites for hydroxylation is 3. The normalized spacial score (nSPS) is 13.3. The summed E-state index contributed by atoms with van der Waals surface area (Å²) in [5.74, 6) is 0.509. The first kappa shape index (κ1) is 20.0. The second kappa shape index (κ2) is 8.54. The lowest BCUT2D eigenvalue weighted by atomic mass is 9.93. The molecule has 0 N–H and O–H groups in total. The van der Waals surface area contributed by atoms with Crippen molar-refractivity contribution in [1.82, 2.24) is 0 Å². The second-order valence-electron chi connectivity index (χ2n) is 7.52. The quantitative estimate of drug-likeness (QED) is 0.433. The van der Waals surface area contributed by atoms with Crippen molar-refractivity contribution in [2.24, 2.45) is 0 Å². The molecule has 0 saturated heterocycles. The van der Waals surface area contributed by atoms with E-state index in [1.54, 1.807) is 7.11 Å². The highest BCUT2D eigenvalue weighted by Crippen LogP contribution is 2.38. The first-order valence-corrected chi connectivity index (χ1v) is 11.1. The minimum absolute atomic E-state index is 0.509. The van der Waals surface area contributed by atoms with Gasteiger partial charge in [0, 0.05) is 10.8 Å². The number of hydrogen-bond donors (Lipinski definition) is 0. The molecule has 1 heterocycles. The van der Waals surface area contributed by atoms with Crippen molar-refractivity contribution in [2.45, 2.75) is 66.2 Å². The van der Waals surface area contributed by atoms with Gasteiger partial charge < -0.3 is 8.39 Å². The van der Waals surface area contributed by atoms with Crippen molar-refractivity contribution in [3.8, 4) is 0 Å². The van der Waals surface area contributed by atoms with Crippen molar-refractivity contribution in [3.05, 3.63) is 46.5 Å². The Hall–Kier alpha value is -1.70. The molecule has 0 spiro atoms. The summed E-state index contributed by atoms with van der Waals surface area (Å²) in [5, 5.41) is 2.26. The third kappa shape index (κ3) is 4.10. The highest BCUT2D eigenvalue weighted by Gasteiger charge is 2.15. The predicted octanol–water partition coefficient (Wildman–Crippen LogP) is 7.82. The molecule has 0 radical (unpaired) electrons. The van der Waals surface area contributed by atoms with Crippen molar-refractivity contribution in [1.29, 1.82) is 0 Å². The van der Waals surface area contributed by atoms with Gasteiger partial charge in [-0.1, -0.05) is 39.3 Å². The van der Waals surface area contributed by atoms with E-state index in [0.29, 0.717) is 5.92 Å². The zero-order valence-electron chi connectivity index (χ0n) is 17.4. The maximum absolute atomic E-state index is 6.27. The largest absolute Gasteiger partial charge is 0.399 e. The van der Waals surface area contributed by atoms with Crippen LogP contribution in [0.5, 0.6) is 0 Å². The lowest BCUT2D eigenvalue weighted by Crippen LogP contribution is -1.93. The number of benzene rings is 2. The van der Waals surface area contributed by atoms with Crippen LogP contribution in [-0.2, 0) is 6.42 Å². The van der Waals surface area contributed by atoms with Crippen LogP contribution in [0.2, 0.25) is 0 Å². The summed E-state index contributed by atoms with van der Waals surface area (Å²) in [6.07, 6.45) is 4.42. The van der Waals surface area contributed by atoms with E-state index in [0.717, 1.165) is 53.2 Å². The van der Waals surface area contributed by atoms with Gasteiger partial charge in [-0.15, -0.1) is 0 Å². The molecule has 0 aliphatic carbocycles. The van der Waals surface area contributed by atoms with Crippen LogP contribution in [0, 0.1) is 13.8 Å². The highest BCUT2D eigenvalue weighted by atomic mass is 31.1. The second-order valence-corrected chi connectivity index (χ2v) is 8.69. The van der Waals surface area contributed by atoms with Crippen LogP contribution in [0.15, 0.2) is 32.7 Å². The van der Waals surface area contributed by atoms with Gasteiger partial charge in [0.1, 0.15) is 11.2 Å². The van der Waals surface area contributed by atoms with Gasteiger partial charge in [0.25, 0.3) is 0 Å². The molecule has 0 aliphatic heterocycles. The van der Waals surface area contributed by atoms with E-state index < -0.39 is 8.24 Å². The fourth-order valence-corrected chi connectivity index (χ4v) is 4.54. The molecule has 3 rings (SSSR count). The fraction of sp³-hybridized carbons (Fsp3) is 0.478. The molecule has 2 unspecified atom stereocenters. The Labute approximate surface area is 163 Å². The van der Waals surface area contributed by atoms with Gasteiger partial charge in [0.05, 0.1) is 7.11 Å². The van der Waals surface area contributed by atoms with Crippen molar-refractivity contribution in [3.63, 3.8) is 0 Å². The van der Waals surface area contributed by atoms with Crippen LogP contribution < -0.4 is 4.52 Å². The molecule has 2 aromatic carbocycles. The first-order chi connectivity index (χ1) is 13.0. The van der Waals surface area contributed by atoms with Crippen LogP contribution >= 0.6 is 8.24 Å². The Morgan fingerprint density at radius 3 is 2.37 bits per heavy atom. The molecule has 1 aromatic heterocycles. The Kier molecular flexibility index (Phi) is 6.34. The molecule has 0 amide bonds. The average molecular weight is 386 g/mol. The van der Waals surface area contributed by atoms with Gasteiger partial charge in [-0.25, -0.2) is 0 Å². The van der Waals surface area contributed by atoms with Gasteiger partial charge in [0.15, 0.2) is 0 Å². The third-order valence-electron chi connectivity index (χ3n) is 5.36. The lowest BCUT2D eigenvalue weighted by molar-refractivity contribution is 0.453. The van der Waals surface area contributed by atoms with Gasteiger partial charge in [-0.2, -0.15) is 0 Å². The molecule has 146 valence electrons. The summed E-state index contributed by atoms with van der Waals surface area (Å²) in [7, 11) is 0.197. The van der Waals surface area contributed by atoms with Crippen LogP contribution in [0.25, 0.3) is 21.9 Å². The van der Waals surface area contributed by atoms with Crippen LogP contribution in [0.4, 0.5) is 0 Å². The maximum atomic E-state index is 6.27. The molecule has 0 bridgehead atoms. The van der Waals surface area contributed by atoms with E-state index in [9.17, 15) is 0 Å². The summed E-state index contributed by atoms with van der Waals surface area (Å²) in [4.78, 5) is 0. The van der Waals surface area contributed by atoms with Gasteiger partial charge in [-0.3, -0.25) is 4.52 Å². The topological polar surface area (TPSA) is 35.5 Å². The number of fused-ring (bicyclic) bond motifs is 3. The SMILES string of the molecule is CCCCc1cc(C)cc2c1op(OC)oc1c(C)cc(C(C)CC)cc12. The fourth-order valence-electron chi connectivity index (χ4n) is 3.59. The van der Waals surface area contributed by atoms with E-state index in [-0.39, 0.29) is 0 Å². The molecule has 3 nitrogen and oxygen atoms in total. The summed E-state index contributed by atoms with van der Waals surface area (Å²) < 4.78 is 18.0. The van der Waals surface area contributed by atoms with Crippen LogP contribution in [0.3, 0.4) is 0 Å². The van der Waals surface area contributed by atoms with Gasteiger partial charge in [-0.05, 0) is 73.4 Å². The Morgan fingerprint density at radius 1 is 1.00 bits per heavy atom. The van der Waals surface area contributed by atoms with Crippen molar-refractivity contribution < 1.29 is 12.9 Å². The molecule has 4 heteroatoms. The lowest BCUT2D eigenvalue weighted by Gasteiger charge is -2.12. The van der Waals surface area contributed by atoms with Gasteiger partial charge >= 0.3 is 8.24 Å². The van der Waals surface area contributed by atoms with E-state index in [1.807, 2.05) is 0 Å². The molecular weight excluding hydrogens is 355 g/mol. The molecule has 0 fully saturated rings. The number of rotatable bonds is 6. The average Bonchev–Trinajstić information content (AvgIpc) is 2.82. The van der Waals surface area contributed by atoms with Crippen LogP contribution in [0.1, 0.15) is 68.2 Å². The van der Waals surface area contributed by atoms with Gasteiger partial charge in [0.2, 0.25) is 0 Å². The summed E-state index contributed by atoms with van der Waals surface area (Å²) in [5.41, 5.74) is 6.82. The van der Waals surface area contributed by atoms with E-state index >= 15 is 0 Å². The summed E-state index contributed by atoms with van der Waals surface area (Å²) in [6, 6.07) is 9.00. The van der Waals surface area contributed by atoms with Crippen LogP contribution in [-0.4, -0.2) is 7.11 Å². The Morgan fingerprint density at radius 2 is 1.70 bits per heavy atom. The highest BCUT2D eigenvalue weighted by molar-refractivity contribution is 7.31. The zero-order chi connectivity index (χ0) is 19.6. The Bertz CT molecular complexity index is 988. The molecule has 3 aromatic rings. The summed E-state index contributed by atoms with van der Waals surface area (Å²) in [6.45, 7) is 11.0. The van der Waals surface area contributed by atoms with E-state index in [1.165, 1.54) is 16.7 Å². The first-order valence-electron chi connectivity index (χ1n) is 9.97. The Balaban J connectivity index is 2.47. The standard InChI is InChI=1S/C23H31O3P/c1-7-9-10-18-11-15(3)12-20-21-14-19(16(4)8-2)13-17(5)22(21)25-27(24-6)26-23(18)20/h11-14,16H,7-10H2,1-6H3. The molecule has 2 atom stereocenters. The summed E-state index contributed by atoms with van der Waals surface area (Å²) >= 11 is 0. The molecule has 27 heavy (non-hydrogen) atoms. The predicted molar refractivity (Wildman–Crippen MR) is 116 cm³/mol. The molecule has 0 saturated carbocycles. The zero-order valence-corrected chi connectivity index (χ0v) is 18.3. The van der Waals surface area contributed by atoms with E-state index in [2.05, 4.69) is 58.9 Å². The monoisotopic (exact) mass is 386 g/mol. The molecule has 0 aliphatic rings. The minimum atomic E-state index is -1.45. The number of hydrogen-bond acceptors (Lipinski definition) is 3. The number of unbranched alkanes of at least 4 members (excludes halogenated alkanes) is 1. The maximum Gasteiger partial charge on any atom is 0.387 e. The molecular formula is C23H31O3P. The third-order valence-corrected chi connectivity index (χ3v) is 6.32. The van der Waals surface area contributed by atoms with Crippen molar-refractivity contribution >= 4 is 30.2 Å². The van der Waals surface area contributed by atoms with E-state index in [4.69, 9.17) is 12.9 Å². The smallest absolute Gasteiger partial charge is 0.387 e. The van der Waals surface area contributed by atoms with Crippen molar-refractivity contribution in [2.75, 3.05) is 7.11 Å².